The van der Waals surface area contributed by atoms with Crippen LogP contribution in [0.2, 0.25) is 0 Å². The second-order valence-electron chi connectivity index (χ2n) is 4.78. The second kappa shape index (κ2) is 3.66. The Morgan fingerprint density at radius 3 is 2.38 bits per heavy atom. The molecule has 0 aliphatic carbocycles. The molecule has 1 aliphatic heterocycles. The van der Waals surface area contributed by atoms with E-state index in [0.717, 1.165) is 19.4 Å². The monoisotopic (exact) mass is 184 g/mol. The molecule has 1 rings (SSSR count). The molecule has 0 aromatic heterocycles. The molecule has 3 nitrogen and oxygen atoms in total. The van der Waals surface area contributed by atoms with E-state index in [9.17, 15) is 4.79 Å². The molecule has 1 unspecified atom stereocenters. The zero-order chi connectivity index (χ0) is 10.1. The maximum absolute atomic E-state index is 11.2. The molecule has 76 valence electrons. The van der Waals surface area contributed by atoms with Crippen molar-refractivity contribution in [3.05, 3.63) is 0 Å². The molecule has 0 aromatic carbocycles. The van der Waals surface area contributed by atoms with E-state index in [2.05, 4.69) is 25.7 Å². The highest BCUT2D eigenvalue weighted by atomic mass is 16.1. The number of hydrogen-bond acceptors (Lipinski definition) is 2. The van der Waals surface area contributed by atoms with Crippen molar-refractivity contribution in [2.75, 3.05) is 6.54 Å². The molecule has 1 aliphatic rings. The van der Waals surface area contributed by atoms with Crippen molar-refractivity contribution in [2.24, 2.45) is 5.73 Å². The molecule has 1 heterocycles. The molecular formula is C10H20N2O. The number of carbonyl (C=O) groups excluding carboxylic acids is 1. The zero-order valence-corrected chi connectivity index (χ0v) is 8.84. The summed E-state index contributed by atoms with van der Waals surface area (Å²) >= 11 is 0. The average Bonchev–Trinajstić information content (AvgIpc) is 2.03. The molecule has 0 aromatic rings. The van der Waals surface area contributed by atoms with Crippen molar-refractivity contribution in [3.8, 4) is 0 Å². The summed E-state index contributed by atoms with van der Waals surface area (Å²) in [4.78, 5) is 13.4. The third kappa shape index (κ3) is 2.44. The van der Waals surface area contributed by atoms with Crippen LogP contribution < -0.4 is 5.73 Å². The van der Waals surface area contributed by atoms with Crippen LogP contribution in [0, 0.1) is 0 Å². The average molecular weight is 184 g/mol. The highest BCUT2D eigenvalue weighted by Crippen LogP contribution is 2.25. The second-order valence-corrected chi connectivity index (χ2v) is 4.78. The van der Waals surface area contributed by atoms with Gasteiger partial charge < -0.3 is 5.73 Å². The SMILES string of the molecule is CC(C)(C)N1CCCCC1C(N)=O. The normalized spacial score (nSPS) is 25.9. The van der Waals surface area contributed by atoms with Crippen LogP contribution >= 0.6 is 0 Å². The van der Waals surface area contributed by atoms with Crippen LogP contribution in [0.1, 0.15) is 40.0 Å². The zero-order valence-electron chi connectivity index (χ0n) is 8.84. The molecule has 1 saturated heterocycles. The molecule has 0 bridgehead atoms. The van der Waals surface area contributed by atoms with Crippen LogP contribution in [0.4, 0.5) is 0 Å². The molecule has 2 N–H and O–H groups in total. The molecule has 3 heteroatoms. The highest BCUT2D eigenvalue weighted by Gasteiger charge is 2.33. The minimum absolute atomic E-state index is 0.0475. The summed E-state index contributed by atoms with van der Waals surface area (Å²) in [6.45, 7) is 7.40. The van der Waals surface area contributed by atoms with E-state index in [0.29, 0.717) is 0 Å². The predicted octanol–water partition coefficient (Wildman–Crippen LogP) is 1.12. The van der Waals surface area contributed by atoms with E-state index in [1.165, 1.54) is 6.42 Å². The van der Waals surface area contributed by atoms with Crippen LogP contribution in [-0.2, 0) is 4.79 Å². The Hall–Kier alpha value is -0.570. The number of rotatable bonds is 1. The fraction of sp³-hybridized carbons (Fsp3) is 0.900. The van der Waals surface area contributed by atoms with Crippen LogP contribution in [-0.4, -0.2) is 28.9 Å². The minimum Gasteiger partial charge on any atom is -0.368 e. The maximum atomic E-state index is 11.2. The topological polar surface area (TPSA) is 46.3 Å². The number of amides is 1. The van der Waals surface area contributed by atoms with E-state index < -0.39 is 0 Å². The van der Waals surface area contributed by atoms with E-state index in [1.54, 1.807) is 0 Å². The van der Waals surface area contributed by atoms with Crippen LogP contribution in [0.25, 0.3) is 0 Å². The van der Waals surface area contributed by atoms with E-state index >= 15 is 0 Å². The van der Waals surface area contributed by atoms with Gasteiger partial charge >= 0.3 is 0 Å². The van der Waals surface area contributed by atoms with Crippen molar-refractivity contribution in [2.45, 2.75) is 51.6 Å². The number of nitrogens with zero attached hydrogens (tertiary/aromatic N) is 1. The first kappa shape index (κ1) is 10.5. The van der Waals surface area contributed by atoms with Gasteiger partial charge in [0.2, 0.25) is 5.91 Å². The summed E-state index contributed by atoms with van der Waals surface area (Å²) in [5, 5.41) is 0. The van der Waals surface area contributed by atoms with Gasteiger partial charge in [-0.15, -0.1) is 0 Å². The van der Waals surface area contributed by atoms with Crippen molar-refractivity contribution >= 4 is 5.91 Å². The third-order valence-electron chi connectivity index (χ3n) is 2.69. The molecule has 0 spiro atoms. The maximum Gasteiger partial charge on any atom is 0.234 e. The summed E-state index contributed by atoms with van der Waals surface area (Å²) in [6.07, 6.45) is 3.23. The van der Waals surface area contributed by atoms with Crippen LogP contribution in [0.15, 0.2) is 0 Å². The molecular weight excluding hydrogens is 164 g/mol. The van der Waals surface area contributed by atoms with E-state index in [1.807, 2.05) is 0 Å². The van der Waals surface area contributed by atoms with Gasteiger partial charge in [-0.3, -0.25) is 9.69 Å². The third-order valence-corrected chi connectivity index (χ3v) is 2.69. The summed E-state index contributed by atoms with van der Waals surface area (Å²) in [5.41, 5.74) is 5.43. The summed E-state index contributed by atoms with van der Waals surface area (Å²) in [5.74, 6) is -0.172. The largest absolute Gasteiger partial charge is 0.368 e. The van der Waals surface area contributed by atoms with Crippen LogP contribution in [0.3, 0.4) is 0 Å². The Labute approximate surface area is 80.3 Å². The Balaban J connectivity index is 2.73. The smallest absolute Gasteiger partial charge is 0.234 e. The lowest BCUT2D eigenvalue weighted by Crippen LogP contribution is -2.55. The first-order valence-electron chi connectivity index (χ1n) is 4.99. The first-order valence-corrected chi connectivity index (χ1v) is 4.99. The van der Waals surface area contributed by atoms with Gasteiger partial charge in [-0.05, 0) is 40.2 Å². The van der Waals surface area contributed by atoms with E-state index in [4.69, 9.17) is 5.73 Å². The number of likely N-dealkylation sites (tertiary alicyclic amines) is 1. The lowest BCUT2D eigenvalue weighted by atomic mass is 9.94. The lowest BCUT2D eigenvalue weighted by Gasteiger charge is -2.43. The molecule has 0 saturated carbocycles. The van der Waals surface area contributed by atoms with Gasteiger partial charge in [0.25, 0.3) is 0 Å². The lowest BCUT2D eigenvalue weighted by molar-refractivity contribution is -0.127. The van der Waals surface area contributed by atoms with Gasteiger partial charge in [-0.25, -0.2) is 0 Å². The first-order chi connectivity index (χ1) is 5.93. The van der Waals surface area contributed by atoms with Crippen molar-refractivity contribution in [3.63, 3.8) is 0 Å². The number of primary amides is 1. The molecule has 1 fully saturated rings. The summed E-state index contributed by atoms with van der Waals surface area (Å²) < 4.78 is 0. The fourth-order valence-electron chi connectivity index (χ4n) is 2.03. The van der Waals surface area contributed by atoms with Gasteiger partial charge in [-0.1, -0.05) is 6.42 Å². The summed E-state index contributed by atoms with van der Waals surface area (Å²) in [6, 6.07) is -0.0475. The van der Waals surface area contributed by atoms with Crippen molar-refractivity contribution in [1.82, 2.24) is 4.90 Å². The van der Waals surface area contributed by atoms with Gasteiger partial charge in [0, 0.05) is 5.54 Å². The number of carbonyl (C=O) groups is 1. The Morgan fingerprint density at radius 1 is 1.38 bits per heavy atom. The van der Waals surface area contributed by atoms with Gasteiger partial charge in [0.15, 0.2) is 0 Å². The number of piperidine rings is 1. The quantitative estimate of drug-likeness (QED) is 0.664. The summed E-state index contributed by atoms with van der Waals surface area (Å²) in [7, 11) is 0. The molecule has 1 atom stereocenters. The van der Waals surface area contributed by atoms with Gasteiger partial charge in [-0.2, -0.15) is 0 Å². The van der Waals surface area contributed by atoms with Crippen molar-refractivity contribution in [1.29, 1.82) is 0 Å². The Kier molecular flexibility index (Phi) is 2.96. The predicted molar refractivity (Wildman–Crippen MR) is 53.3 cm³/mol. The minimum atomic E-state index is -0.172. The van der Waals surface area contributed by atoms with E-state index in [-0.39, 0.29) is 17.5 Å². The molecule has 0 radical (unpaired) electrons. The highest BCUT2D eigenvalue weighted by molar-refractivity contribution is 5.80. The standard InChI is InChI=1S/C10H20N2O/c1-10(2,3)12-7-5-4-6-8(12)9(11)13/h8H,4-7H2,1-3H3,(H2,11,13). The van der Waals surface area contributed by atoms with Crippen molar-refractivity contribution < 1.29 is 4.79 Å². The van der Waals surface area contributed by atoms with Crippen LogP contribution in [0.5, 0.6) is 0 Å². The number of nitrogens with two attached hydrogens (primary N) is 1. The fourth-order valence-corrected chi connectivity index (χ4v) is 2.03. The van der Waals surface area contributed by atoms with Gasteiger partial charge in [0.05, 0.1) is 6.04 Å². The Bertz CT molecular complexity index is 196. The van der Waals surface area contributed by atoms with Gasteiger partial charge in [0.1, 0.15) is 0 Å². The Morgan fingerprint density at radius 2 is 2.00 bits per heavy atom. The molecule has 1 amide bonds. The number of hydrogen-bond donors (Lipinski definition) is 1. The molecule has 13 heavy (non-hydrogen) atoms.